The first-order valence-electron chi connectivity index (χ1n) is 16.7. The Hall–Kier alpha value is -2.90. The van der Waals surface area contributed by atoms with Crippen LogP contribution in [-0.2, 0) is 9.59 Å². The quantitative estimate of drug-likeness (QED) is 0.313. The van der Waals surface area contributed by atoms with Crippen molar-refractivity contribution in [3.05, 3.63) is 66.2 Å². The van der Waals surface area contributed by atoms with Crippen molar-refractivity contribution < 1.29 is 19.4 Å². The van der Waals surface area contributed by atoms with E-state index in [1.807, 2.05) is 30.3 Å². The van der Waals surface area contributed by atoms with Crippen molar-refractivity contribution in [2.45, 2.75) is 82.7 Å². The summed E-state index contributed by atoms with van der Waals surface area (Å²) in [5.41, 5.74) is 1.33. The lowest BCUT2D eigenvalue weighted by Crippen LogP contribution is -2.50. The van der Waals surface area contributed by atoms with Crippen LogP contribution in [0.15, 0.2) is 60.7 Å². The van der Waals surface area contributed by atoms with Gasteiger partial charge in [0, 0.05) is 51.2 Å². The fourth-order valence-electron chi connectivity index (χ4n) is 7.83. The van der Waals surface area contributed by atoms with Crippen LogP contribution >= 0.6 is 0 Å². The van der Waals surface area contributed by atoms with Gasteiger partial charge in [-0.05, 0) is 61.6 Å². The number of carboxylic acids is 1. The molecule has 7 heteroatoms. The normalized spacial score (nSPS) is 23.2. The summed E-state index contributed by atoms with van der Waals surface area (Å²) in [6.07, 6.45) is 9.59. The number of ether oxygens (including phenoxy) is 1. The Bertz CT molecular complexity index is 1130. The molecule has 3 fully saturated rings. The molecule has 3 aliphatic rings. The highest BCUT2D eigenvalue weighted by atomic mass is 16.5. The number of hydrogen-bond acceptors (Lipinski definition) is 5. The number of aliphatic carboxylic acids is 1. The Morgan fingerprint density at radius 1 is 0.930 bits per heavy atom. The van der Waals surface area contributed by atoms with Gasteiger partial charge in [-0.2, -0.15) is 0 Å². The van der Waals surface area contributed by atoms with Gasteiger partial charge in [-0.3, -0.25) is 14.5 Å². The van der Waals surface area contributed by atoms with E-state index in [-0.39, 0.29) is 30.5 Å². The molecule has 0 aromatic heterocycles. The van der Waals surface area contributed by atoms with E-state index in [4.69, 9.17) is 4.74 Å². The number of hydrogen-bond donors (Lipinski definition) is 1. The summed E-state index contributed by atoms with van der Waals surface area (Å²) < 4.78 is 5.82. The number of nitrogens with zero attached hydrogens (tertiary/aromatic N) is 3. The highest BCUT2D eigenvalue weighted by Gasteiger charge is 2.43. The van der Waals surface area contributed by atoms with Gasteiger partial charge in [-0.1, -0.05) is 81.1 Å². The Labute approximate surface area is 258 Å². The standard InChI is InChI=1S/C36H51N3O4/c1-2-3-21-39(34(40)27-43-32-17-11-6-12-18-32)31-19-22-37(23-20-31)24-30-25-38(26-33(30)28-13-7-4-8-14-28)35(36(41)42)29-15-9-5-10-16-29/h4,6-8,11-14,17-18,29-31,33,35H,2-3,5,9-10,15-16,19-27H2,1H3,(H,41,42). The number of piperidine rings is 1. The van der Waals surface area contributed by atoms with E-state index >= 15 is 0 Å². The van der Waals surface area contributed by atoms with Crippen molar-refractivity contribution in [3.63, 3.8) is 0 Å². The molecule has 2 heterocycles. The lowest BCUT2D eigenvalue weighted by Gasteiger charge is -2.40. The predicted octanol–water partition coefficient (Wildman–Crippen LogP) is 5.91. The van der Waals surface area contributed by atoms with Gasteiger partial charge in [0.15, 0.2) is 6.61 Å². The molecule has 0 spiro atoms. The monoisotopic (exact) mass is 589 g/mol. The zero-order valence-corrected chi connectivity index (χ0v) is 26.0. The average Bonchev–Trinajstić information content (AvgIpc) is 3.45. The molecular weight excluding hydrogens is 538 g/mol. The lowest BCUT2D eigenvalue weighted by atomic mass is 9.83. The molecule has 3 atom stereocenters. The fraction of sp³-hybridized carbons (Fsp3) is 0.611. The Kier molecular flexibility index (Phi) is 11.5. The number of unbranched alkanes of at least 4 members (excludes halogenated alkanes) is 1. The second kappa shape index (κ2) is 15.7. The number of benzene rings is 2. The third-order valence-electron chi connectivity index (χ3n) is 10.1. The molecule has 2 aromatic carbocycles. The number of likely N-dealkylation sites (tertiary alicyclic amines) is 2. The van der Waals surface area contributed by atoms with Gasteiger partial charge in [-0.15, -0.1) is 0 Å². The minimum Gasteiger partial charge on any atom is -0.484 e. The molecule has 0 bridgehead atoms. The van der Waals surface area contributed by atoms with Crippen LogP contribution in [0.1, 0.15) is 76.2 Å². The molecule has 5 rings (SSSR count). The summed E-state index contributed by atoms with van der Waals surface area (Å²) in [4.78, 5) is 32.8. The Morgan fingerprint density at radius 2 is 1.60 bits per heavy atom. The SMILES string of the molecule is CCCCN(C(=O)COc1ccccc1)C1CCN(CC2CN(C(C(=O)O)C3CCCCC3)CC2c2ccccc2)CC1. The maximum absolute atomic E-state index is 13.3. The summed E-state index contributed by atoms with van der Waals surface area (Å²) in [6, 6.07) is 20.2. The van der Waals surface area contributed by atoms with Crippen LogP contribution in [0.2, 0.25) is 0 Å². The molecule has 2 aromatic rings. The summed E-state index contributed by atoms with van der Waals surface area (Å²) >= 11 is 0. The molecule has 2 aliphatic heterocycles. The third kappa shape index (κ3) is 8.39. The first kappa shape index (κ1) is 31.5. The van der Waals surface area contributed by atoms with Crippen molar-refractivity contribution in [1.82, 2.24) is 14.7 Å². The number of rotatable bonds is 13. The van der Waals surface area contributed by atoms with Crippen molar-refractivity contribution in [1.29, 1.82) is 0 Å². The second-order valence-corrected chi connectivity index (χ2v) is 13.0. The molecule has 7 nitrogen and oxygen atoms in total. The van der Waals surface area contributed by atoms with E-state index in [9.17, 15) is 14.7 Å². The second-order valence-electron chi connectivity index (χ2n) is 13.0. The van der Waals surface area contributed by atoms with E-state index in [1.54, 1.807) is 0 Å². The molecule has 1 N–H and O–H groups in total. The van der Waals surface area contributed by atoms with Gasteiger partial charge in [0.25, 0.3) is 5.91 Å². The maximum atomic E-state index is 13.3. The van der Waals surface area contributed by atoms with Crippen LogP contribution < -0.4 is 4.74 Å². The van der Waals surface area contributed by atoms with Gasteiger partial charge in [0.05, 0.1) is 0 Å². The molecule has 2 saturated heterocycles. The van der Waals surface area contributed by atoms with Crippen molar-refractivity contribution in [3.8, 4) is 5.75 Å². The summed E-state index contributed by atoms with van der Waals surface area (Å²) in [7, 11) is 0. The van der Waals surface area contributed by atoms with E-state index in [0.717, 1.165) is 96.4 Å². The number of para-hydroxylation sites is 1. The van der Waals surface area contributed by atoms with Gasteiger partial charge in [-0.25, -0.2) is 0 Å². The zero-order valence-electron chi connectivity index (χ0n) is 26.0. The smallest absolute Gasteiger partial charge is 0.321 e. The van der Waals surface area contributed by atoms with Crippen LogP contribution in [0.3, 0.4) is 0 Å². The van der Waals surface area contributed by atoms with Crippen LogP contribution in [-0.4, -0.2) is 89.6 Å². The summed E-state index contributed by atoms with van der Waals surface area (Å²) in [6.45, 7) is 7.58. The third-order valence-corrected chi connectivity index (χ3v) is 10.1. The van der Waals surface area contributed by atoms with Crippen LogP contribution in [0, 0.1) is 11.8 Å². The van der Waals surface area contributed by atoms with Gasteiger partial charge >= 0.3 is 5.97 Å². The van der Waals surface area contributed by atoms with E-state index in [2.05, 4.69) is 52.0 Å². The van der Waals surface area contributed by atoms with Crippen molar-refractivity contribution in [2.24, 2.45) is 11.8 Å². The predicted molar refractivity (Wildman–Crippen MR) is 170 cm³/mol. The van der Waals surface area contributed by atoms with Crippen LogP contribution in [0.4, 0.5) is 0 Å². The van der Waals surface area contributed by atoms with E-state index in [0.29, 0.717) is 11.8 Å². The maximum Gasteiger partial charge on any atom is 0.321 e. The Balaban J connectivity index is 1.21. The van der Waals surface area contributed by atoms with Crippen LogP contribution in [0.5, 0.6) is 5.75 Å². The molecule has 0 radical (unpaired) electrons. The summed E-state index contributed by atoms with van der Waals surface area (Å²) in [5.74, 6) is 1.15. The molecule has 3 unspecified atom stereocenters. The summed E-state index contributed by atoms with van der Waals surface area (Å²) in [5, 5.41) is 10.3. The minimum atomic E-state index is -0.645. The van der Waals surface area contributed by atoms with Gasteiger partial charge in [0.2, 0.25) is 0 Å². The molecule has 43 heavy (non-hydrogen) atoms. The molecule has 1 amide bonds. The average molecular weight is 590 g/mol. The number of carboxylic acid groups (broad SMARTS) is 1. The molecule has 1 saturated carbocycles. The number of carbonyl (C=O) groups is 2. The zero-order chi connectivity index (χ0) is 30.0. The number of carbonyl (C=O) groups excluding carboxylic acids is 1. The highest BCUT2D eigenvalue weighted by Crippen LogP contribution is 2.38. The first-order valence-corrected chi connectivity index (χ1v) is 16.7. The first-order chi connectivity index (χ1) is 21.0. The van der Waals surface area contributed by atoms with E-state index < -0.39 is 5.97 Å². The number of amides is 1. The Morgan fingerprint density at radius 3 is 2.26 bits per heavy atom. The largest absolute Gasteiger partial charge is 0.484 e. The van der Waals surface area contributed by atoms with E-state index in [1.165, 1.54) is 12.0 Å². The van der Waals surface area contributed by atoms with Gasteiger partial charge in [0.1, 0.15) is 11.8 Å². The molecular formula is C36H51N3O4. The topological polar surface area (TPSA) is 73.3 Å². The minimum absolute atomic E-state index is 0.0776. The highest BCUT2D eigenvalue weighted by molar-refractivity contribution is 5.78. The van der Waals surface area contributed by atoms with Gasteiger partial charge < -0.3 is 19.6 Å². The fourth-order valence-corrected chi connectivity index (χ4v) is 7.83. The van der Waals surface area contributed by atoms with Crippen molar-refractivity contribution >= 4 is 11.9 Å². The molecule has 234 valence electrons. The lowest BCUT2D eigenvalue weighted by molar-refractivity contribution is -0.145. The molecule has 1 aliphatic carbocycles. The van der Waals surface area contributed by atoms with Crippen LogP contribution in [0.25, 0.3) is 0 Å². The van der Waals surface area contributed by atoms with Crippen molar-refractivity contribution in [2.75, 3.05) is 45.9 Å².